The molecule has 2 aliphatic heterocycles. The Morgan fingerprint density at radius 3 is 2.72 bits per heavy atom. The molecule has 2 saturated heterocycles. The summed E-state index contributed by atoms with van der Waals surface area (Å²) >= 11 is 0. The van der Waals surface area contributed by atoms with Crippen LogP contribution in [0.2, 0.25) is 0 Å². The molecule has 18 heavy (non-hydrogen) atoms. The third-order valence-electron chi connectivity index (χ3n) is 3.96. The van der Waals surface area contributed by atoms with E-state index in [9.17, 15) is 18.0 Å². The van der Waals surface area contributed by atoms with Gasteiger partial charge in [0.05, 0.1) is 12.6 Å². The van der Waals surface area contributed by atoms with E-state index in [1.165, 1.54) is 4.90 Å². The number of likely N-dealkylation sites (tertiary alicyclic amines) is 1. The van der Waals surface area contributed by atoms with Gasteiger partial charge in [-0.15, -0.1) is 0 Å². The molecule has 0 bridgehead atoms. The quantitative estimate of drug-likeness (QED) is 0.766. The number of nitrogens with zero attached hydrogens (tertiary/aromatic N) is 1. The predicted octanol–water partition coefficient (Wildman–Crippen LogP) is 0.512. The summed E-state index contributed by atoms with van der Waals surface area (Å²) in [5.74, 6) is -0.878. The van der Waals surface area contributed by atoms with Crippen molar-refractivity contribution in [2.75, 3.05) is 26.2 Å². The number of aliphatic hydroxyl groups is 1. The van der Waals surface area contributed by atoms with Gasteiger partial charge in [0.2, 0.25) is 5.91 Å². The lowest BCUT2D eigenvalue weighted by atomic mass is 9.84. The van der Waals surface area contributed by atoms with Gasteiger partial charge < -0.3 is 15.3 Å². The van der Waals surface area contributed by atoms with Crippen LogP contribution in [0.15, 0.2) is 0 Å². The fraction of sp³-hybridized carbons (Fsp3) is 0.909. The number of halogens is 3. The normalized spacial score (nSPS) is 33.1. The third-order valence-corrected chi connectivity index (χ3v) is 3.96. The van der Waals surface area contributed by atoms with E-state index in [0.717, 1.165) is 0 Å². The van der Waals surface area contributed by atoms with Gasteiger partial charge in [0.25, 0.3) is 0 Å². The fourth-order valence-electron chi connectivity index (χ4n) is 2.81. The smallest absolute Gasteiger partial charge is 0.394 e. The maximum atomic E-state index is 13.2. The summed E-state index contributed by atoms with van der Waals surface area (Å²) in [7, 11) is 0. The van der Waals surface area contributed by atoms with E-state index < -0.39 is 23.5 Å². The summed E-state index contributed by atoms with van der Waals surface area (Å²) in [4.78, 5) is 13.4. The standard InChI is InChI=1S/C11H17F3N2O2/c12-11(13,14)10(3-4-15-7-10)9(18)16-5-1-2-8(16)6-17/h8,15,17H,1-7H2/t8-,10?/m0/s1. The molecule has 0 spiro atoms. The largest absolute Gasteiger partial charge is 0.404 e. The Labute approximate surface area is 103 Å². The third kappa shape index (κ3) is 1.99. The van der Waals surface area contributed by atoms with Crippen molar-refractivity contribution in [3.63, 3.8) is 0 Å². The first-order chi connectivity index (χ1) is 8.42. The Hall–Kier alpha value is -0.820. The van der Waals surface area contributed by atoms with Crippen molar-refractivity contribution in [1.82, 2.24) is 10.2 Å². The molecular formula is C11H17F3N2O2. The molecule has 2 atom stereocenters. The first-order valence-electron chi connectivity index (χ1n) is 6.12. The molecule has 2 rings (SSSR count). The van der Waals surface area contributed by atoms with Gasteiger partial charge in [-0.25, -0.2) is 0 Å². The summed E-state index contributed by atoms with van der Waals surface area (Å²) in [5.41, 5.74) is -2.30. The first-order valence-corrected chi connectivity index (χ1v) is 6.12. The van der Waals surface area contributed by atoms with Crippen LogP contribution in [-0.4, -0.2) is 54.4 Å². The average molecular weight is 266 g/mol. The Balaban J connectivity index is 2.24. The molecule has 0 aromatic carbocycles. The summed E-state index contributed by atoms with van der Waals surface area (Å²) in [6, 6.07) is -0.461. The zero-order valence-corrected chi connectivity index (χ0v) is 9.96. The molecule has 1 amide bonds. The van der Waals surface area contributed by atoms with Crippen LogP contribution in [0.5, 0.6) is 0 Å². The number of hydrogen-bond acceptors (Lipinski definition) is 3. The van der Waals surface area contributed by atoms with Gasteiger partial charge in [-0.2, -0.15) is 13.2 Å². The average Bonchev–Trinajstić information content (AvgIpc) is 2.96. The van der Waals surface area contributed by atoms with Crippen LogP contribution in [-0.2, 0) is 4.79 Å². The van der Waals surface area contributed by atoms with Crippen LogP contribution in [0.4, 0.5) is 13.2 Å². The minimum Gasteiger partial charge on any atom is -0.394 e. The monoisotopic (exact) mass is 266 g/mol. The van der Waals surface area contributed by atoms with Crippen LogP contribution >= 0.6 is 0 Å². The second kappa shape index (κ2) is 4.70. The van der Waals surface area contributed by atoms with E-state index in [2.05, 4.69) is 5.32 Å². The molecule has 4 nitrogen and oxygen atoms in total. The van der Waals surface area contributed by atoms with Crippen LogP contribution in [0.3, 0.4) is 0 Å². The van der Waals surface area contributed by atoms with Gasteiger partial charge in [-0.05, 0) is 25.8 Å². The topological polar surface area (TPSA) is 52.6 Å². The molecular weight excluding hydrogens is 249 g/mol. The van der Waals surface area contributed by atoms with E-state index in [1.54, 1.807) is 0 Å². The lowest BCUT2D eigenvalue weighted by Gasteiger charge is -2.35. The van der Waals surface area contributed by atoms with Crippen molar-refractivity contribution in [2.45, 2.75) is 31.5 Å². The van der Waals surface area contributed by atoms with Crippen LogP contribution < -0.4 is 5.32 Å². The minimum absolute atomic E-state index is 0.197. The van der Waals surface area contributed by atoms with Crippen LogP contribution in [0, 0.1) is 5.41 Å². The summed E-state index contributed by atoms with van der Waals surface area (Å²) in [6.45, 7) is -0.123. The molecule has 0 radical (unpaired) electrons. The highest BCUT2D eigenvalue weighted by Gasteiger charge is 2.63. The molecule has 1 unspecified atom stereocenters. The van der Waals surface area contributed by atoms with Gasteiger partial charge in [0.1, 0.15) is 0 Å². The van der Waals surface area contributed by atoms with E-state index in [4.69, 9.17) is 5.11 Å². The van der Waals surface area contributed by atoms with E-state index in [1.807, 2.05) is 0 Å². The maximum absolute atomic E-state index is 13.2. The molecule has 7 heteroatoms. The fourth-order valence-corrected chi connectivity index (χ4v) is 2.81. The van der Waals surface area contributed by atoms with E-state index >= 15 is 0 Å². The predicted molar refractivity (Wildman–Crippen MR) is 57.8 cm³/mol. The van der Waals surface area contributed by atoms with Crippen molar-refractivity contribution < 1.29 is 23.1 Å². The molecule has 0 saturated carbocycles. The number of carbonyl (C=O) groups excluding carboxylic acids is 1. The van der Waals surface area contributed by atoms with Gasteiger partial charge in [-0.3, -0.25) is 4.79 Å². The maximum Gasteiger partial charge on any atom is 0.404 e. The molecule has 2 fully saturated rings. The van der Waals surface area contributed by atoms with Gasteiger partial charge in [0.15, 0.2) is 5.41 Å². The molecule has 0 aromatic rings. The molecule has 0 aromatic heterocycles. The number of hydrogen-bond donors (Lipinski definition) is 2. The van der Waals surface area contributed by atoms with Gasteiger partial charge in [0, 0.05) is 13.1 Å². The number of rotatable bonds is 2. The lowest BCUT2D eigenvalue weighted by molar-refractivity contribution is -0.222. The van der Waals surface area contributed by atoms with Gasteiger partial charge >= 0.3 is 6.18 Å². The number of aliphatic hydroxyl groups excluding tert-OH is 1. The lowest BCUT2D eigenvalue weighted by Crippen LogP contribution is -2.55. The zero-order chi connectivity index (χ0) is 13.4. The molecule has 0 aliphatic carbocycles. The van der Waals surface area contributed by atoms with Gasteiger partial charge in [-0.1, -0.05) is 0 Å². The first kappa shape index (κ1) is 13.6. The van der Waals surface area contributed by atoms with Crippen LogP contribution in [0.25, 0.3) is 0 Å². The Kier molecular flexibility index (Phi) is 3.55. The highest BCUT2D eigenvalue weighted by Crippen LogP contribution is 2.45. The molecule has 104 valence electrons. The summed E-state index contributed by atoms with van der Waals surface area (Å²) in [5, 5.41) is 11.8. The number of nitrogens with one attached hydrogen (secondary N) is 1. The summed E-state index contributed by atoms with van der Waals surface area (Å²) < 4.78 is 39.6. The Morgan fingerprint density at radius 1 is 1.50 bits per heavy atom. The summed E-state index contributed by atoms with van der Waals surface area (Å²) in [6.07, 6.45) is -3.54. The highest BCUT2D eigenvalue weighted by molar-refractivity contribution is 5.85. The number of alkyl halides is 3. The minimum atomic E-state index is -4.55. The van der Waals surface area contributed by atoms with E-state index in [0.29, 0.717) is 19.4 Å². The Morgan fingerprint density at radius 2 is 2.22 bits per heavy atom. The SMILES string of the molecule is O=C(N1CCC[C@H]1CO)C1(C(F)(F)F)CCNC1. The highest BCUT2D eigenvalue weighted by atomic mass is 19.4. The second-order valence-electron chi connectivity index (χ2n) is 4.98. The van der Waals surface area contributed by atoms with Crippen molar-refractivity contribution in [3.05, 3.63) is 0 Å². The van der Waals surface area contributed by atoms with Crippen molar-refractivity contribution in [3.8, 4) is 0 Å². The molecule has 2 heterocycles. The Bertz CT molecular complexity index is 327. The number of carbonyl (C=O) groups is 1. The van der Waals surface area contributed by atoms with Crippen molar-refractivity contribution >= 4 is 5.91 Å². The molecule has 2 aliphatic rings. The zero-order valence-electron chi connectivity index (χ0n) is 9.96. The van der Waals surface area contributed by atoms with Crippen LogP contribution in [0.1, 0.15) is 19.3 Å². The molecule has 2 N–H and O–H groups in total. The van der Waals surface area contributed by atoms with E-state index in [-0.39, 0.29) is 26.1 Å². The second-order valence-corrected chi connectivity index (χ2v) is 4.98. The van der Waals surface area contributed by atoms with Crippen molar-refractivity contribution in [1.29, 1.82) is 0 Å². The van der Waals surface area contributed by atoms with Crippen molar-refractivity contribution in [2.24, 2.45) is 5.41 Å². The number of amides is 1.